The first-order valence-electron chi connectivity index (χ1n) is 7.82. The Kier molecular flexibility index (Phi) is 5.24. The first-order valence-corrected chi connectivity index (χ1v) is 7.82. The van der Waals surface area contributed by atoms with Gasteiger partial charge in [0.25, 0.3) is 0 Å². The third kappa shape index (κ3) is 2.73. The van der Waals surface area contributed by atoms with Gasteiger partial charge in [0, 0.05) is 5.92 Å². The number of carbonyl (C=O) groups is 2. The van der Waals surface area contributed by atoms with Crippen molar-refractivity contribution in [1.29, 1.82) is 5.26 Å². The number of benzene rings is 1. The molecule has 1 atom stereocenters. The monoisotopic (exact) mass is 328 g/mol. The number of hydrogen-bond donors (Lipinski definition) is 1. The Balaban J connectivity index is 2.57. The fraction of sp³-hybridized carbons (Fsp3) is 0.389. The molecule has 6 heteroatoms. The van der Waals surface area contributed by atoms with E-state index in [0.717, 1.165) is 5.56 Å². The molecule has 0 saturated carbocycles. The molecule has 1 aromatic rings. The molecule has 0 saturated heterocycles. The summed E-state index contributed by atoms with van der Waals surface area (Å²) in [5.74, 6) is -2.00. The summed E-state index contributed by atoms with van der Waals surface area (Å²) in [6.07, 6.45) is 0.0312. The van der Waals surface area contributed by atoms with Crippen LogP contribution in [-0.4, -0.2) is 25.2 Å². The first kappa shape index (κ1) is 17.5. The Bertz CT molecular complexity index is 685. The Morgan fingerprint density at radius 3 is 2.21 bits per heavy atom. The lowest BCUT2D eigenvalue weighted by Crippen LogP contribution is -2.44. The lowest BCUT2D eigenvalue weighted by atomic mass is 9.81. The fourth-order valence-corrected chi connectivity index (χ4v) is 3.02. The molecule has 0 aliphatic heterocycles. The van der Waals surface area contributed by atoms with Gasteiger partial charge in [-0.3, -0.25) is 9.59 Å². The highest BCUT2D eigenvalue weighted by atomic mass is 16.6. The summed E-state index contributed by atoms with van der Waals surface area (Å²) in [6, 6.07) is 11.2. The predicted molar refractivity (Wildman–Crippen MR) is 86.3 cm³/mol. The second kappa shape index (κ2) is 7.18. The highest BCUT2D eigenvalue weighted by Gasteiger charge is 2.58. The first-order chi connectivity index (χ1) is 11.5. The average molecular weight is 328 g/mol. The quantitative estimate of drug-likeness (QED) is 0.655. The summed E-state index contributed by atoms with van der Waals surface area (Å²) >= 11 is 0. The lowest BCUT2D eigenvalue weighted by molar-refractivity contribution is -0.169. The van der Waals surface area contributed by atoms with E-state index in [-0.39, 0.29) is 30.9 Å². The number of rotatable bonds is 5. The fourth-order valence-electron chi connectivity index (χ4n) is 3.02. The van der Waals surface area contributed by atoms with Gasteiger partial charge in [-0.05, 0) is 25.8 Å². The van der Waals surface area contributed by atoms with Crippen LogP contribution in [0.4, 0.5) is 0 Å². The molecule has 0 fully saturated rings. The van der Waals surface area contributed by atoms with Crippen molar-refractivity contribution in [2.45, 2.75) is 26.2 Å². The largest absolute Gasteiger partial charge is 0.465 e. The summed E-state index contributed by atoms with van der Waals surface area (Å²) in [4.78, 5) is 25.2. The van der Waals surface area contributed by atoms with E-state index in [4.69, 9.17) is 15.2 Å². The summed E-state index contributed by atoms with van der Waals surface area (Å²) in [5, 5.41) is 9.53. The van der Waals surface area contributed by atoms with Crippen LogP contribution in [0, 0.1) is 16.7 Å². The van der Waals surface area contributed by atoms with Crippen LogP contribution in [0.15, 0.2) is 41.6 Å². The van der Waals surface area contributed by atoms with Gasteiger partial charge in [0.05, 0.1) is 30.6 Å². The zero-order valence-corrected chi connectivity index (χ0v) is 13.7. The molecule has 1 aliphatic carbocycles. The van der Waals surface area contributed by atoms with E-state index in [1.165, 1.54) is 0 Å². The Morgan fingerprint density at radius 2 is 1.75 bits per heavy atom. The van der Waals surface area contributed by atoms with Crippen molar-refractivity contribution >= 4 is 11.9 Å². The van der Waals surface area contributed by atoms with Crippen LogP contribution in [0.1, 0.15) is 31.7 Å². The number of nitrogens with two attached hydrogens (primary N) is 1. The molecule has 0 bridgehead atoms. The molecule has 1 aliphatic rings. The Labute approximate surface area is 140 Å². The van der Waals surface area contributed by atoms with E-state index in [1.807, 2.05) is 30.3 Å². The Hall–Kier alpha value is -2.81. The molecular formula is C18H20N2O4. The zero-order valence-electron chi connectivity index (χ0n) is 13.7. The molecule has 126 valence electrons. The van der Waals surface area contributed by atoms with Crippen molar-refractivity contribution in [3.8, 4) is 6.07 Å². The van der Waals surface area contributed by atoms with Crippen LogP contribution >= 0.6 is 0 Å². The molecule has 24 heavy (non-hydrogen) atoms. The Morgan fingerprint density at radius 1 is 1.21 bits per heavy atom. The van der Waals surface area contributed by atoms with E-state index in [0.29, 0.717) is 0 Å². The van der Waals surface area contributed by atoms with E-state index in [2.05, 4.69) is 6.07 Å². The van der Waals surface area contributed by atoms with Crippen molar-refractivity contribution in [2.75, 3.05) is 13.2 Å². The molecule has 1 aromatic carbocycles. The second-order valence-corrected chi connectivity index (χ2v) is 5.45. The molecule has 0 heterocycles. The number of carbonyl (C=O) groups excluding carboxylic acids is 2. The van der Waals surface area contributed by atoms with Gasteiger partial charge in [-0.15, -0.1) is 0 Å². The van der Waals surface area contributed by atoms with Crippen molar-refractivity contribution in [1.82, 2.24) is 0 Å². The van der Waals surface area contributed by atoms with Crippen LogP contribution in [0.5, 0.6) is 0 Å². The molecule has 0 aromatic heterocycles. The van der Waals surface area contributed by atoms with E-state index >= 15 is 0 Å². The van der Waals surface area contributed by atoms with Gasteiger partial charge < -0.3 is 15.2 Å². The number of nitriles is 1. The van der Waals surface area contributed by atoms with Gasteiger partial charge in [-0.25, -0.2) is 0 Å². The lowest BCUT2D eigenvalue weighted by Gasteiger charge is -2.26. The van der Waals surface area contributed by atoms with Gasteiger partial charge >= 0.3 is 11.9 Å². The molecule has 1 unspecified atom stereocenters. The number of ether oxygens (including phenoxy) is 2. The average Bonchev–Trinajstić information content (AvgIpc) is 2.89. The maximum atomic E-state index is 12.6. The van der Waals surface area contributed by atoms with Gasteiger partial charge in [0.2, 0.25) is 5.41 Å². The highest BCUT2D eigenvalue weighted by Crippen LogP contribution is 2.50. The summed E-state index contributed by atoms with van der Waals surface area (Å²) < 4.78 is 10.2. The summed E-state index contributed by atoms with van der Waals surface area (Å²) in [5.41, 5.74) is 5.30. The van der Waals surface area contributed by atoms with Crippen molar-refractivity contribution < 1.29 is 19.1 Å². The summed E-state index contributed by atoms with van der Waals surface area (Å²) in [6.45, 7) is 3.49. The number of esters is 2. The van der Waals surface area contributed by atoms with Crippen molar-refractivity contribution in [3.05, 3.63) is 47.2 Å². The number of hydrogen-bond acceptors (Lipinski definition) is 6. The van der Waals surface area contributed by atoms with Crippen LogP contribution in [0.2, 0.25) is 0 Å². The molecule has 6 nitrogen and oxygen atoms in total. The molecule has 0 amide bonds. The predicted octanol–water partition coefficient (Wildman–Crippen LogP) is 2.02. The second-order valence-electron chi connectivity index (χ2n) is 5.45. The number of allylic oxidation sites excluding steroid dienone is 1. The topological polar surface area (TPSA) is 102 Å². The molecule has 0 spiro atoms. The maximum Gasteiger partial charge on any atom is 0.329 e. The zero-order chi connectivity index (χ0) is 17.7. The highest BCUT2D eigenvalue weighted by molar-refractivity contribution is 6.04. The minimum Gasteiger partial charge on any atom is -0.465 e. The van der Waals surface area contributed by atoms with Crippen LogP contribution in [-0.2, 0) is 19.1 Å². The van der Waals surface area contributed by atoms with Crippen molar-refractivity contribution in [3.63, 3.8) is 0 Å². The third-order valence-corrected chi connectivity index (χ3v) is 4.18. The van der Waals surface area contributed by atoms with Crippen LogP contribution in [0.3, 0.4) is 0 Å². The standard InChI is InChI=1S/C18H20N2O4/c1-3-23-16(21)18(17(22)24-4-2)10-13(14(11-19)15(18)20)12-8-6-5-7-9-12/h5-9,13H,3-4,10,20H2,1-2H3. The maximum absolute atomic E-state index is 12.6. The van der Waals surface area contributed by atoms with E-state index in [1.54, 1.807) is 13.8 Å². The van der Waals surface area contributed by atoms with Gasteiger partial charge in [-0.2, -0.15) is 5.26 Å². The summed E-state index contributed by atoms with van der Waals surface area (Å²) in [7, 11) is 0. The normalized spacial score (nSPS) is 18.8. The van der Waals surface area contributed by atoms with Crippen molar-refractivity contribution in [2.24, 2.45) is 11.1 Å². The van der Waals surface area contributed by atoms with E-state index in [9.17, 15) is 14.9 Å². The molecule has 0 radical (unpaired) electrons. The molecule has 2 N–H and O–H groups in total. The SMILES string of the molecule is CCOC(=O)C1(C(=O)OCC)CC(c2ccccc2)C(C#N)=C1N. The minimum atomic E-state index is -1.77. The molecule has 2 rings (SSSR count). The smallest absolute Gasteiger partial charge is 0.329 e. The van der Waals surface area contributed by atoms with Gasteiger partial charge in [-0.1, -0.05) is 30.3 Å². The minimum absolute atomic E-state index is 0.0312. The van der Waals surface area contributed by atoms with Crippen LogP contribution in [0.25, 0.3) is 0 Å². The third-order valence-electron chi connectivity index (χ3n) is 4.18. The van der Waals surface area contributed by atoms with Gasteiger partial charge in [0.15, 0.2) is 0 Å². The van der Waals surface area contributed by atoms with E-state index < -0.39 is 23.3 Å². The molecular weight excluding hydrogens is 308 g/mol. The number of nitrogens with zero attached hydrogens (tertiary/aromatic N) is 1. The van der Waals surface area contributed by atoms with Gasteiger partial charge in [0.1, 0.15) is 0 Å². The van der Waals surface area contributed by atoms with Crippen LogP contribution < -0.4 is 5.73 Å².